The van der Waals surface area contributed by atoms with Gasteiger partial charge in [-0.2, -0.15) is 0 Å². The first kappa shape index (κ1) is 19.5. The standard InChI is InChI=1S/C18H20N2O5S/c1-4-19-14-7-10-17(16(11-14)18(22)25-3)26(23,24)15-8-5-13(6-9-15)20-12(2)21/h5-11,19H,4H2,1-3H3,(H,20,21). The molecule has 0 saturated heterocycles. The second kappa shape index (κ2) is 8.01. The molecule has 0 radical (unpaired) electrons. The molecule has 0 aliphatic heterocycles. The van der Waals surface area contributed by atoms with Crippen molar-refractivity contribution in [2.45, 2.75) is 23.6 Å². The van der Waals surface area contributed by atoms with Crippen LogP contribution in [0.25, 0.3) is 0 Å². The molecule has 0 saturated carbocycles. The first-order valence-electron chi connectivity index (χ1n) is 7.88. The van der Waals surface area contributed by atoms with Gasteiger partial charge in [0.15, 0.2) is 0 Å². The number of esters is 1. The summed E-state index contributed by atoms with van der Waals surface area (Å²) in [6, 6.07) is 10.1. The van der Waals surface area contributed by atoms with Gasteiger partial charge >= 0.3 is 5.97 Å². The smallest absolute Gasteiger partial charge is 0.339 e. The lowest BCUT2D eigenvalue weighted by atomic mass is 10.2. The Morgan fingerprint density at radius 1 is 1.04 bits per heavy atom. The largest absolute Gasteiger partial charge is 0.465 e. The molecule has 1 amide bonds. The molecule has 0 fully saturated rings. The van der Waals surface area contributed by atoms with E-state index in [0.717, 1.165) is 0 Å². The van der Waals surface area contributed by atoms with E-state index in [0.29, 0.717) is 17.9 Å². The van der Waals surface area contributed by atoms with Crippen LogP contribution in [-0.4, -0.2) is 33.9 Å². The molecule has 0 bridgehead atoms. The van der Waals surface area contributed by atoms with Crippen LogP contribution in [0.2, 0.25) is 0 Å². The predicted molar refractivity (Wildman–Crippen MR) is 98.1 cm³/mol. The molecule has 0 unspecified atom stereocenters. The van der Waals surface area contributed by atoms with Crippen LogP contribution in [-0.2, 0) is 19.4 Å². The van der Waals surface area contributed by atoms with Crippen molar-refractivity contribution in [1.29, 1.82) is 0 Å². The highest BCUT2D eigenvalue weighted by Gasteiger charge is 2.25. The van der Waals surface area contributed by atoms with Crippen LogP contribution in [0.15, 0.2) is 52.3 Å². The van der Waals surface area contributed by atoms with Gasteiger partial charge in [0.25, 0.3) is 0 Å². The second-order valence-corrected chi connectivity index (χ2v) is 7.36. The van der Waals surface area contributed by atoms with Gasteiger partial charge in [0.2, 0.25) is 15.7 Å². The summed E-state index contributed by atoms with van der Waals surface area (Å²) in [5, 5.41) is 5.60. The van der Waals surface area contributed by atoms with E-state index in [9.17, 15) is 18.0 Å². The lowest BCUT2D eigenvalue weighted by Gasteiger charge is -2.12. The zero-order chi connectivity index (χ0) is 19.3. The van der Waals surface area contributed by atoms with Crippen LogP contribution < -0.4 is 10.6 Å². The molecule has 2 rings (SSSR count). The molecule has 0 heterocycles. The number of sulfone groups is 1. The van der Waals surface area contributed by atoms with E-state index in [1.54, 1.807) is 6.07 Å². The van der Waals surface area contributed by atoms with Crippen molar-refractivity contribution < 1.29 is 22.7 Å². The SMILES string of the molecule is CCNc1ccc(S(=O)(=O)c2ccc(NC(C)=O)cc2)c(C(=O)OC)c1. The molecule has 26 heavy (non-hydrogen) atoms. The lowest BCUT2D eigenvalue weighted by molar-refractivity contribution is -0.114. The van der Waals surface area contributed by atoms with Crippen LogP contribution >= 0.6 is 0 Å². The molecule has 2 aromatic rings. The second-order valence-electron chi connectivity index (χ2n) is 5.44. The van der Waals surface area contributed by atoms with E-state index in [1.165, 1.54) is 50.4 Å². The van der Waals surface area contributed by atoms with E-state index in [1.807, 2.05) is 6.92 Å². The molecule has 2 N–H and O–H groups in total. The van der Waals surface area contributed by atoms with Crippen LogP contribution in [0.3, 0.4) is 0 Å². The fourth-order valence-corrected chi connectivity index (χ4v) is 3.82. The highest BCUT2D eigenvalue weighted by atomic mass is 32.2. The Labute approximate surface area is 152 Å². The first-order chi connectivity index (χ1) is 12.3. The Hall–Kier alpha value is -2.87. The highest BCUT2D eigenvalue weighted by Crippen LogP contribution is 2.28. The minimum Gasteiger partial charge on any atom is -0.465 e. The monoisotopic (exact) mass is 376 g/mol. The Morgan fingerprint density at radius 2 is 1.65 bits per heavy atom. The number of carbonyl (C=O) groups excluding carboxylic acids is 2. The fraction of sp³-hybridized carbons (Fsp3) is 0.222. The number of hydrogen-bond donors (Lipinski definition) is 2. The van der Waals surface area contributed by atoms with Crippen molar-refractivity contribution in [3.05, 3.63) is 48.0 Å². The maximum absolute atomic E-state index is 13.0. The van der Waals surface area contributed by atoms with E-state index in [4.69, 9.17) is 4.74 Å². The number of carbonyl (C=O) groups is 2. The molecular formula is C18H20N2O5S. The molecule has 138 valence electrons. The van der Waals surface area contributed by atoms with Gasteiger partial charge in [0.1, 0.15) is 0 Å². The van der Waals surface area contributed by atoms with Crippen LogP contribution in [0.4, 0.5) is 11.4 Å². The van der Waals surface area contributed by atoms with Gasteiger partial charge in [-0.25, -0.2) is 13.2 Å². The number of benzene rings is 2. The summed E-state index contributed by atoms with van der Waals surface area (Å²) in [5.74, 6) is -0.995. The highest BCUT2D eigenvalue weighted by molar-refractivity contribution is 7.91. The van der Waals surface area contributed by atoms with Gasteiger partial charge in [-0.15, -0.1) is 0 Å². The maximum atomic E-state index is 13.0. The number of ether oxygens (including phenoxy) is 1. The summed E-state index contributed by atoms with van der Waals surface area (Å²) >= 11 is 0. The van der Waals surface area contributed by atoms with Gasteiger partial charge in [-0.1, -0.05) is 0 Å². The number of methoxy groups -OCH3 is 1. The van der Waals surface area contributed by atoms with Gasteiger partial charge in [-0.3, -0.25) is 4.79 Å². The number of amides is 1. The average Bonchev–Trinajstić information content (AvgIpc) is 2.61. The number of rotatable bonds is 6. The maximum Gasteiger partial charge on any atom is 0.339 e. The normalized spacial score (nSPS) is 10.9. The molecule has 0 atom stereocenters. The number of hydrogen-bond acceptors (Lipinski definition) is 6. The van der Waals surface area contributed by atoms with Crippen molar-refractivity contribution in [2.75, 3.05) is 24.3 Å². The topological polar surface area (TPSA) is 102 Å². The van der Waals surface area contributed by atoms with E-state index >= 15 is 0 Å². The zero-order valence-electron chi connectivity index (χ0n) is 14.7. The van der Waals surface area contributed by atoms with Crippen LogP contribution in [0.1, 0.15) is 24.2 Å². The van der Waals surface area contributed by atoms with Crippen LogP contribution in [0.5, 0.6) is 0 Å². The minimum atomic E-state index is -3.94. The molecule has 0 aliphatic carbocycles. The molecular weight excluding hydrogens is 356 g/mol. The Bertz CT molecular complexity index is 921. The summed E-state index contributed by atoms with van der Waals surface area (Å²) in [7, 11) is -2.75. The van der Waals surface area contributed by atoms with Crippen molar-refractivity contribution in [1.82, 2.24) is 0 Å². The van der Waals surface area contributed by atoms with E-state index in [2.05, 4.69) is 10.6 Å². The predicted octanol–water partition coefficient (Wildman–Crippen LogP) is 2.70. The van der Waals surface area contributed by atoms with Crippen molar-refractivity contribution >= 4 is 33.1 Å². The van der Waals surface area contributed by atoms with Gasteiger partial charge < -0.3 is 15.4 Å². The van der Waals surface area contributed by atoms with Gasteiger partial charge in [0.05, 0.1) is 22.5 Å². The van der Waals surface area contributed by atoms with Gasteiger partial charge in [-0.05, 0) is 49.4 Å². The summed E-state index contributed by atoms with van der Waals surface area (Å²) in [5.41, 5.74) is 1.05. The molecule has 0 spiro atoms. The summed E-state index contributed by atoms with van der Waals surface area (Å²) < 4.78 is 30.6. The van der Waals surface area contributed by atoms with E-state index in [-0.39, 0.29) is 21.3 Å². The first-order valence-corrected chi connectivity index (χ1v) is 9.37. The molecule has 7 nitrogen and oxygen atoms in total. The summed E-state index contributed by atoms with van der Waals surface area (Å²) in [6.07, 6.45) is 0. The Kier molecular flexibility index (Phi) is 5.99. The third kappa shape index (κ3) is 4.20. The van der Waals surface area contributed by atoms with Crippen LogP contribution in [0, 0.1) is 0 Å². The zero-order valence-corrected chi connectivity index (χ0v) is 15.5. The van der Waals surface area contributed by atoms with Gasteiger partial charge in [0, 0.05) is 24.8 Å². The summed E-state index contributed by atoms with van der Waals surface area (Å²) in [6.45, 7) is 3.87. The fourth-order valence-electron chi connectivity index (χ4n) is 2.40. The number of anilines is 2. The Balaban J connectivity index is 2.50. The molecule has 0 aromatic heterocycles. The molecule has 8 heteroatoms. The minimum absolute atomic E-state index is 0.00737. The van der Waals surface area contributed by atoms with E-state index < -0.39 is 15.8 Å². The van der Waals surface area contributed by atoms with Crippen molar-refractivity contribution in [2.24, 2.45) is 0 Å². The third-order valence-corrected chi connectivity index (χ3v) is 5.37. The lowest BCUT2D eigenvalue weighted by Crippen LogP contribution is -2.12. The molecule has 2 aromatic carbocycles. The Morgan fingerprint density at radius 3 is 2.19 bits per heavy atom. The summed E-state index contributed by atoms with van der Waals surface area (Å²) in [4.78, 5) is 23.0. The number of nitrogens with one attached hydrogen (secondary N) is 2. The average molecular weight is 376 g/mol. The molecule has 0 aliphatic rings. The quantitative estimate of drug-likeness (QED) is 0.752. The van der Waals surface area contributed by atoms with Crippen molar-refractivity contribution in [3.8, 4) is 0 Å². The van der Waals surface area contributed by atoms with Crippen molar-refractivity contribution in [3.63, 3.8) is 0 Å². The third-order valence-electron chi connectivity index (χ3n) is 3.54.